The zero-order chi connectivity index (χ0) is 18.8. The number of hydrogen-bond donors (Lipinski definition) is 1. The molecule has 0 radical (unpaired) electrons. The van der Waals surface area contributed by atoms with Crippen molar-refractivity contribution in [1.82, 2.24) is 9.97 Å². The van der Waals surface area contributed by atoms with Crippen LogP contribution in [0.1, 0.15) is 5.56 Å². The SMILES string of the molecule is Nc1nc(-c2cccc(OCc3ccc(Cl)cc3)c2)c2cc(Cl)ccc2n1. The summed E-state index contributed by atoms with van der Waals surface area (Å²) in [6.45, 7) is 0.444. The second kappa shape index (κ2) is 7.43. The molecule has 0 fully saturated rings. The minimum Gasteiger partial charge on any atom is -0.489 e. The van der Waals surface area contributed by atoms with Gasteiger partial charge in [0.15, 0.2) is 0 Å². The lowest BCUT2D eigenvalue weighted by atomic mass is 10.1. The maximum Gasteiger partial charge on any atom is 0.221 e. The molecule has 134 valence electrons. The molecule has 27 heavy (non-hydrogen) atoms. The number of nitrogens with zero attached hydrogens (tertiary/aromatic N) is 2. The first kappa shape index (κ1) is 17.6. The van der Waals surface area contributed by atoms with Crippen molar-refractivity contribution in [2.45, 2.75) is 6.61 Å². The molecule has 1 heterocycles. The van der Waals surface area contributed by atoms with Gasteiger partial charge in [-0.1, -0.05) is 47.5 Å². The summed E-state index contributed by atoms with van der Waals surface area (Å²) in [6.07, 6.45) is 0. The number of halogens is 2. The third-order valence-electron chi connectivity index (χ3n) is 4.10. The molecular weight excluding hydrogens is 381 g/mol. The topological polar surface area (TPSA) is 61.0 Å². The van der Waals surface area contributed by atoms with Crippen LogP contribution in [0.4, 0.5) is 5.95 Å². The van der Waals surface area contributed by atoms with Gasteiger partial charge in [-0.05, 0) is 48.0 Å². The molecule has 0 spiro atoms. The lowest BCUT2D eigenvalue weighted by Crippen LogP contribution is -1.99. The van der Waals surface area contributed by atoms with Gasteiger partial charge >= 0.3 is 0 Å². The van der Waals surface area contributed by atoms with Crippen molar-refractivity contribution < 1.29 is 4.74 Å². The molecule has 0 atom stereocenters. The Bertz CT molecular complexity index is 1110. The van der Waals surface area contributed by atoms with Gasteiger partial charge < -0.3 is 10.5 Å². The summed E-state index contributed by atoms with van der Waals surface area (Å²) in [5.74, 6) is 0.946. The predicted octanol–water partition coefficient (Wildman–Crippen LogP) is 5.76. The number of aromatic nitrogens is 2. The Morgan fingerprint density at radius 2 is 1.63 bits per heavy atom. The highest BCUT2D eigenvalue weighted by molar-refractivity contribution is 6.31. The van der Waals surface area contributed by atoms with Crippen molar-refractivity contribution in [3.05, 3.63) is 82.3 Å². The number of nitrogens with two attached hydrogens (primary N) is 1. The second-order valence-corrected chi connectivity index (χ2v) is 6.91. The highest BCUT2D eigenvalue weighted by Gasteiger charge is 2.10. The Morgan fingerprint density at radius 1 is 0.852 bits per heavy atom. The third kappa shape index (κ3) is 3.97. The van der Waals surface area contributed by atoms with Gasteiger partial charge in [0.1, 0.15) is 12.4 Å². The zero-order valence-corrected chi connectivity index (χ0v) is 15.7. The Kier molecular flexibility index (Phi) is 4.84. The number of rotatable bonds is 4. The number of hydrogen-bond acceptors (Lipinski definition) is 4. The monoisotopic (exact) mass is 395 g/mol. The van der Waals surface area contributed by atoms with Crippen LogP contribution < -0.4 is 10.5 Å². The first-order valence-electron chi connectivity index (χ1n) is 8.29. The first-order valence-corrected chi connectivity index (χ1v) is 9.04. The van der Waals surface area contributed by atoms with Crippen LogP contribution in [0.2, 0.25) is 10.0 Å². The molecule has 4 rings (SSSR count). The van der Waals surface area contributed by atoms with Crippen molar-refractivity contribution in [2.75, 3.05) is 5.73 Å². The van der Waals surface area contributed by atoms with Crippen LogP contribution >= 0.6 is 23.2 Å². The minimum absolute atomic E-state index is 0.215. The fourth-order valence-electron chi connectivity index (χ4n) is 2.82. The average Bonchev–Trinajstić information content (AvgIpc) is 2.67. The van der Waals surface area contributed by atoms with Crippen molar-refractivity contribution in [2.24, 2.45) is 0 Å². The van der Waals surface area contributed by atoms with E-state index in [1.807, 2.05) is 60.7 Å². The molecule has 0 bridgehead atoms. The highest BCUT2D eigenvalue weighted by Crippen LogP contribution is 2.31. The van der Waals surface area contributed by atoms with E-state index in [4.69, 9.17) is 33.7 Å². The predicted molar refractivity (Wildman–Crippen MR) is 110 cm³/mol. The van der Waals surface area contributed by atoms with E-state index in [2.05, 4.69) is 9.97 Å². The normalized spacial score (nSPS) is 10.9. The van der Waals surface area contributed by atoms with E-state index in [1.54, 1.807) is 6.07 Å². The van der Waals surface area contributed by atoms with E-state index >= 15 is 0 Å². The molecule has 4 nitrogen and oxygen atoms in total. The summed E-state index contributed by atoms with van der Waals surface area (Å²) >= 11 is 12.1. The van der Waals surface area contributed by atoms with Crippen LogP contribution in [0.3, 0.4) is 0 Å². The van der Waals surface area contributed by atoms with Crippen LogP contribution in [0, 0.1) is 0 Å². The Morgan fingerprint density at radius 3 is 2.44 bits per heavy atom. The number of benzene rings is 3. The quantitative estimate of drug-likeness (QED) is 0.476. The minimum atomic E-state index is 0.215. The van der Waals surface area contributed by atoms with Gasteiger partial charge in [0.05, 0.1) is 11.2 Å². The lowest BCUT2D eigenvalue weighted by molar-refractivity contribution is 0.306. The molecule has 0 aliphatic heterocycles. The molecule has 0 saturated heterocycles. The lowest BCUT2D eigenvalue weighted by Gasteiger charge is -2.10. The molecule has 0 unspecified atom stereocenters. The van der Waals surface area contributed by atoms with Gasteiger partial charge in [-0.3, -0.25) is 0 Å². The molecule has 2 N–H and O–H groups in total. The maximum atomic E-state index is 6.16. The van der Waals surface area contributed by atoms with E-state index in [0.717, 1.165) is 33.5 Å². The summed E-state index contributed by atoms with van der Waals surface area (Å²) in [7, 11) is 0. The molecule has 0 aliphatic carbocycles. The Hall–Kier alpha value is -2.82. The third-order valence-corrected chi connectivity index (χ3v) is 4.59. The number of anilines is 1. The zero-order valence-electron chi connectivity index (χ0n) is 14.2. The summed E-state index contributed by atoms with van der Waals surface area (Å²) < 4.78 is 5.92. The summed E-state index contributed by atoms with van der Waals surface area (Å²) in [4.78, 5) is 8.69. The van der Waals surface area contributed by atoms with Crippen molar-refractivity contribution in [3.63, 3.8) is 0 Å². The van der Waals surface area contributed by atoms with Crippen LogP contribution in [-0.2, 0) is 6.61 Å². The van der Waals surface area contributed by atoms with Crippen molar-refractivity contribution in [1.29, 1.82) is 0 Å². The van der Waals surface area contributed by atoms with E-state index in [9.17, 15) is 0 Å². The standard InChI is InChI=1S/C21H15Cl2N3O/c22-15-6-4-13(5-7-15)12-27-17-3-1-2-14(10-17)20-18-11-16(23)8-9-19(18)25-21(24)26-20/h1-11H,12H2,(H2,24,25,26). The van der Waals surface area contributed by atoms with Crippen molar-refractivity contribution >= 4 is 40.1 Å². The Labute approximate surface area is 166 Å². The van der Waals surface area contributed by atoms with Gasteiger partial charge in [-0.25, -0.2) is 9.97 Å². The van der Waals surface area contributed by atoms with Gasteiger partial charge in [0.25, 0.3) is 0 Å². The maximum absolute atomic E-state index is 6.16. The molecule has 1 aromatic heterocycles. The van der Waals surface area contributed by atoms with E-state index in [0.29, 0.717) is 16.7 Å². The number of nitrogen functional groups attached to an aromatic ring is 1. The molecule has 0 amide bonds. The van der Waals surface area contributed by atoms with Crippen LogP contribution in [0.25, 0.3) is 22.2 Å². The van der Waals surface area contributed by atoms with Gasteiger partial charge in [-0.2, -0.15) is 0 Å². The number of ether oxygens (including phenoxy) is 1. The molecule has 0 saturated carbocycles. The molecular formula is C21H15Cl2N3O. The first-order chi connectivity index (χ1) is 13.1. The van der Waals surface area contributed by atoms with Crippen LogP contribution in [0.5, 0.6) is 5.75 Å². The second-order valence-electron chi connectivity index (χ2n) is 6.03. The van der Waals surface area contributed by atoms with E-state index in [1.165, 1.54) is 0 Å². The van der Waals surface area contributed by atoms with Gasteiger partial charge in [0.2, 0.25) is 5.95 Å². The largest absolute Gasteiger partial charge is 0.489 e. The molecule has 6 heteroatoms. The van der Waals surface area contributed by atoms with E-state index in [-0.39, 0.29) is 5.95 Å². The fourth-order valence-corrected chi connectivity index (χ4v) is 3.12. The van der Waals surface area contributed by atoms with Crippen LogP contribution in [0.15, 0.2) is 66.7 Å². The summed E-state index contributed by atoms with van der Waals surface area (Å²) in [5.41, 5.74) is 9.27. The van der Waals surface area contributed by atoms with Gasteiger partial charge in [-0.15, -0.1) is 0 Å². The summed E-state index contributed by atoms with van der Waals surface area (Å²) in [5, 5.41) is 2.16. The highest BCUT2D eigenvalue weighted by atomic mass is 35.5. The van der Waals surface area contributed by atoms with Crippen LogP contribution in [-0.4, -0.2) is 9.97 Å². The van der Waals surface area contributed by atoms with Crippen molar-refractivity contribution in [3.8, 4) is 17.0 Å². The number of fused-ring (bicyclic) bond motifs is 1. The fraction of sp³-hybridized carbons (Fsp3) is 0.0476. The Balaban J connectivity index is 1.67. The average molecular weight is 396 g/mol. The summed E-state index contributed by atoms with van der Waals surface area (Å²) in [6, 6.07) is 20.7. The molecule has 0 aliphatic rings. The smallest absolute Gasteiger partial charge is 0.221 e. The molecule has 4 aromatic rings. The van der Waals surface area contributed by atoms with E-state index < -0.39 is 0 Å². The van der Waals surface area contributed by atoms with Gasteiger partial charge in [0, 0.05) is 21.0 Å². The molecule has 3 aromatic carbocycles.